The van der Waals surface area contributed by atoms with Crippen LogP contribution in [0.5, 0.6) is 0 Å². The van der Waals surface area contributed by atoms with Crippen molar-refractivity contribution in [3.63, 3.8) is 0 Å². The number of ether oxygens (including phenoxy) is 4. The highest BCUT2D eigenvalue weighted by atomic mass is 16.5. The van der Waals surface area contributed by atoms with Crippen LogP contribution in [0.15, 0.2) is 0 Å². The fourth-order valence-electron chi connectivity index (χ4n) is 3.16. The van der Waals surface area contributed by atoms with E-state index in [1.54, 1.807) is 14.2 Å². The van der Waals surface area contributed by atoms with Crippen LogP contribution in [0.25, 0.3) is 0 Å². The van der Waals surface area contributed by atoms with Crippen molar-refractivity contribution < 1.29 is 28.5 Å². The number of hydrogen-bond acceptors (Lipinski definition) is 6. The Morgan fingerprint density at radius 2 is 1.26 bits per heavy atom. The van der Waals surface area contributed by atoms with Crippen molar-refractivity contribution in [2.75, 3.05) is 53.9 Å². The van der Waals surface area contributed by atoms with Gasteiger partial charge in [-0.2, -0.15) is 0 Å². The van der Waals surface area contributed by atoms with Crippen LogP contribution in [0.1, 0.15) is 78.6 Å². The topological polar surface area (TPSA) is 83.1 Å². The van der Waals surface area contributed by atoms with Gasteiger partial charge in [0.15, 0.2) is 0 Å². The van der Waals surface area contributed by atoms with Gasteiger partial charge >= 0.3 is 0 Å². The molecular weight excluding hydrogens is 398 g/mol. The van der Waals surface area contributed by atoms with Gasteiger partial charge in [0.2, 0.25) is 5.91 Å². The van der Waals surface area contributed by atoms with Gasteiger partial charge in [-0.3, -0.25) is 9.59 Å². The first-order valence-corrected chi connectivity index (χ1v) is 11.8. The van der Waals surface area contributed by atoms with E-state index in [0.29, 0.717) is 71.1 Å². The lowest BCUT2D eigenvalue weighted by Crippen LogP contribution is -2.43. The van der Waals surface area contributed by atoms with Crippen molar-refractivity contribution in [3.05, 3.63) is 0 Å². The van der Waals surface area contributed by atoms with Crippen LogP contribution in [0.3, 0.4) is 0 Å². The highest BCUT2D eigenvalue weighted by molar-refractivity contribution is 5.78. The molecular formula is C24H47NO6. The Balaban J connectivity index is 3.91. The van der Waals surface area contributed by atoms with Gasteiger partial charge in [0.1, 0.15) is 5.78 Å². The van der Waals surface area contributed by atoms with Gasteiger partial charge in [-0.15, -0.1) is 0 Å². The Kier molecular flexibility index (Phi) is 19.0. The van der Waals surface area contributed by atoms with Crippen molar-refractivity contribution in [1.29, 1.82) is 0 Å². The van der Waals surface area contributed by atoms with Gasteiger partial charge in [0.25, 0.3) is 0 Å². The summed E-state index contributed by atoms with van der Waals surface area (Å²) in [5.74, 6) is 0.391. The largest absolute Gasteiger partial charge is 0.382 e. The fraction of sp³-hybridized carbons (Fsp3) is 0.917. The molecule has 0 spiro atoms. The number of unbranched alkanes of at least 4 members (excludes halogenated alkanes) is 2. The number of ketones is 1. The average molecular weight is 446 g/mol. The van der Waals surface area contributed by atoms with Crippen LogP contribution in [-0.2, 0) is 28.5 Å². The minimum absolute atomic E-state index is 0.00323. The van der Waals surface area contributed by atoms with E-state index in [4.69, 9.17) is 18.9 Å². The molecule has 1 amide bonds. The number of carbonyl (C=O) groups excluding carboxylic acids is 2. The van der Waals surface area contributed by atoms with Crippen LogP contribution in [0, 0.1) is 5.41 Å². The smallest absolute Gasteiger partial charge is 0.220 e. The molecule has 0 saturated heterocycles. The molecule has 1 unspecified atom stereocenters. The number of carbonyl (C=O) groups is 2. The molecule has 184 valence electrons. The van der Waals surface area contributed by atoms with Crippen molar-refractivity contribution in [2.24, 2.45) is 5.41 Å². The number of Topliss-reactive ketones (excluding diaryl/α,β-unsaturated/α-hetero) is 1. The van der Waals surface area contributed by atoms with Gasteiger partial charge in [-0.25, -0.2) is 0 Å². The lowest BCUT2D eigenvalue weighted by molar-refractivity contribution is -0.123. The number of nitrogens with one attached hydrogen (secondary N) is 1. The molecule has 0 saturated carbocycles. The minimum Gasteiger partial charge on any atom is -0.382 e. The van der Waals surface area contributed by atoms with E-state index >= 15 is 0 Å². The first-order valence-electron chi connectivity index (χ1n) is 11.8. The van der Waals surface area contributed by atoms with Gasteiger partial charge < -0.3 is 24.3 Å². The maximum Gasteiger partial charge on any atom is 0.220 e. The number of amides is 1. The second kappa shape index (κ2) is 19.6. The van der Waals surface area contributed by atoms with Gasteiger partial charge in [-0.05, 0) is 31.1 Å². The standard InChI is InChI=1S/C24H47NO6/c1-24(2,3)22(25-23(27)14-10-16-31-20-18-29-5)13-8-6-7-11-21(26)12-9-15-30-19-17-28-4/h22H,6-20H2,1-5H3,(H,25,27). The Morgan fingerprint density at radius 3 is 1.81 bits per heavy atom. The third-order valence-corrected chi connectivity index (χ3v) is 5.13. The zero-order valence-electron chi connectivity index (χ0n) is 20.6. The number of hydrogen-bond donors (Lipinski definition) is 1. The van der Waals surface area contributed by atoms with E-state index in [9.17, 15) is 9.59 Å². The Bertz CT molecular complexity index is 450. The molecule has 7 nitrogen and oxygen atoms in total. The summed E-state index contributed by atoms with van der Waals surface area (Å²) in [4.78, 5) is 24.3. The van der Waals surface area contributed by atoms with Crippen LogP contribution in [0.2, 0.25) is 0 Å². The Morgan fingerprint density at radius 1 is 0.710 bits per heavy atom. The third-order valence-electron chi connectivity index (χ3n) is 5.13. The summed E-state index contributed by atoms with van der Waals surface area (Å²) in [6.45, 7) is 9.97. The van der Waals surface area contributed by atoms with Crippen LogP contribution >= 0.6 is 0 Å². The zero-order chi connectivity index (χ0) is 23.4. The molecule has 1 atom stereocenters. The van der Waals surface area contributed by atoms with E-state index in [0.717, 1.165) is 32.1 Å². The number of methoxy groups -OCH3 is 2. The van der Waals surface area contributed by atoms with E-state index in [2.05, 4.69) is 26.1 Å². The second-order valence-corrected chi connectivity index (χ2v) is 9.04. The molecule has 0 aliphatic carbocycles. The van der Waals surface area contributed by atoms with Crippen molar-refractivity contribution >= 4 is 11.7 Å². The van der Waals surface area contributed by atoms with Gasteiger partial charge in [0.05, 0.1) is 26.4 Å². The van der Waals surface area contributed by atoms with Crippen LogP contribution < -0.4 is 5.32 Å². The van der Waals surface area contributed by atoms with E-state index in [1.807, 2.05) is 0 Å². The van der Waals surface area contributed by atoms with Gasteiger partial charge in [0, 0.05) is 52.7 Å². The first-order chi connectivity index (χ1) is 14.8. The Labute approximate surface area is 189 Å². The predicted molar refractivity (Wildman–Crippen MR) is 123 cm³/mol. The zero-order valence-corrected chi connectivity index (χ0v) is 20.6. The quantitative estimate of drug-likeness (QED) is 0.270. The molecule has 0 bridgehead atoms. The summed E-state index contributed by atoms with van der Waals surface area (Å²) in [5, 5.41) is 3.20. The molecule has 7 heteroatoms. The lowest BCUT2D eigenvalue weighted by Gasteiger charge is -2.31. The molecule has 0 aromatic heterocycles. The lowest BCUT2D eigenvalue weighted by atomic mass is 9.83. The molecule has 31 heavy (non-hydrogen) atoms. The molecule has 0 aromatic rings. The average Bonchev–Trinajstić information content (AvgIpc) is 2.71. The number of rotatable bonds is 21. The van der Waals surface area contributed by atoms with Crippen molar-refractivity contribution in [1.82, 2.24) is 5.32 Å². The monoisotopic (exact) mass is 445 g/mol. The minimum atomic E-state index is 0.00323. The SMILES string of the molecule is COCCOCCCC(=O)CCCCCC(NC(=O)CCCOCCOC)C(C)(C)C. The Hall–Kier alpha value is -1.02. The maximum atomic E-state index is 12.3. The van der Waals surface area contributed by atoms with E-state index in [-0.39, 0.29) is 17.4 Å². The highest BCUT2D eigenvalue weighted by Crippen LogP contribution is 2.24. The van der Waals surface area contributed by atoms with Crippen molar-refractivity contribution in [2.45, 2.75) is 84.6 Å². The third kappa shape index (κ3) is 19.4. The predicted octanol–water partition coefficient (Wildman–Crippen LogP) is 3.92. The van der Waals surface area contributed by atoms with E-state index in [1.165, 1.54) is 0 Å². The molecule has 0 heterocycles. The van der Waals surface area contributed by atoms with E-state index < -0.39 is 0 Å². The summed E-state index contributed by atoms with van der Waals surface area (Å²) >= 11 is 0. The molecule has 0 aliphatic heterocycles. The molecule has 0 radical (unpaired) electrons. The van der Waals surface area contributed by atoms with Crippen LogP contribution in [0.4, 0.5) is 0 Å². The molecule has 0 fully saturated rings. The second-order valence-electron chi connectivity index (χ2n) is 9.04. The summed E-state index contributed by atoms with van der Waals surface area (Å²) in [5.41, 5.74) is 0.00323. The highest BCUT2D eigenvalue weighted by Gasteiger charge is 2.25. The molecule has 0 aromatic carbocycles. The molecule has 0 aliphatic rings. The normalized spacial score (nSPS) is 12.7. The summed E-state index contributed by atoms with van der Waals surface area (Å²) in [6, 6.07) is 0.134. The van der Waals surface area contributed by atoms with Gasteiger partial charge in [-0.1, -0.05) is 33.6 Å². The molecule has 1 N–H and O–H groups in total. The maximum absolute atomic E-state index is 12.3. The summed E-state index contributed by atoms with van der Waals surface area (Å²) < 4.78 is 20.6. The van der Waals surface area contributed by atoms with Crippen molar-refractivity contribution in [3.8, 4) is 0 Å². The summed E-state index contributed by atoms with van der Waals surface area (Å²) in [7, 11) is 3.29. The molecule has 0 rings (SSSR count). The first kappa shape index (κ1) is 30.0. The van der Waals surface area contributed by atoms with Crippen LogP contribution in [-0.4, -0.2) is 71.6 Å². The summed E-state index contributed by atoms with van der Waals surface area (Å²) in [6.07, 6.45) is 7.04. The fourth-order valence-corrected chi connectivity index (χ4v) is 3.16.